The van der Waals surface area contributed by atoms with E-state index in [1.807, 2.05) is 0 Å². The molecule has 0 saturated heterocycles. The van der Waals surface area contributed by atoms with Crippen LogP contribution in [-0.2, 0) is 9.47 Å². The fourth-order valence-electron chi connectivity index (χ4n) is 0.167. The molecule has 0 aromatic rings. The van der Waals surface area contributed by atoms with Crippen LogP contribution in [0.1, 0.15) is 0 Å². The van der Waals surface area contributed by atoms with Crippen molar-refractivity contribution in [1.82, 2.24) is 0 Å². The minimum absolute atomic E-state index is 0.241. The Kier molecular flexibility index (Phi) is 12.6. The average Bonchev–Trinajstić information content (AvgIpc) is 2.16. The van der Waals surface area contributed by atoms with Crippen LogP contribution in [0, 0.1) is 0 Å². The molecule has 0 amide bonds. The fourth-order valence-corrected chi connectivity index (χ4v) is 0.500. The van der Waals surface area contributed by atoms with Gasteiger partial charge in [-0.1, -0.05) is 0 Å². The summed E-state index contributed by atoms with van der Waals surface area (Å²) in [6.45, 7) is 0. The molecule has 0 rings (SSSR count). The van der Waals surface area contributed by atoms with Gasteiger partial charge < -0.3 is 9.47 Å². The second-order valence-corrected chi connectivity index (χ2v) is 2.80. The fraction of sp³-hybridized carbons (Fsp3) is 0.667. The predicted octanol–water partition coefficient (Wildman–Crippen LogP) is 2.23. The molecular formula is C6H12O4S2. The third kappa shape index (κ3) is 12.3. The summed E-state index contributed by atoms with van der Waals surface area (Å²) >= 11 is 2.13. The highest BCUT2D eigenvalue weighted by Crippen LogP contribution is 1.94. The quantitative estimate of drug-likeness (QED) is 0.574. The van der Waals surface area contributed by atoms with Gasteiger partial charge in [0.2, 0.25) is 0 Å². The molecule has 0 aliphatic carbocycles. The molecule has 0 aliphatic heterocycles. The summed E-state index contributed by atoms with van der Waals surface area (Å²) in [5, 5.41) is -0.481. The predicted molar refractivity (Wildman–Crippen MR) is 51.8 cm³/mol. The van der Waals surface area contributed by atoms with E-state index in [1.165, 1.54) is 14.2 Å². The summed E-state index contributed by atoms with van der Waals surface area (Å²) in [4.78, 5) is 19.8. The lowest BCUT2D eigenvalue weighted by Crippen LogP contribution is -1.86. The topological polar surface area (TPSA) is 52.6 Å². The number of carbonyl (C=O) groups is 2. The third-order valence-corrected chi connectivity index (χ3v) is 1.67. The average molecular weight is 212 g/mol. The van der Waals surface area contributed by atoms with Crippen LogP contribution in [0.25, 0.3) is 0 Å². The Balaban J connectivity index is 0. The smallest absolute Gasteiger partial charge is 0.366 e. The van der Waals surface area contributed by atoms with Crippen molar-refractivity contribution in [1.29, 1.82) is 0 Å². The van der Waals surface area contributed by atoms with Crippen molar-refractivity contribution in [2.75, 3.05) is 26.7 Å². The molecule has 4 nitrogen and oxygen atoms in total. The van der Waals surface area contributed by atoms with Gasteiger partial charge in [0.1, 0.15) is 0 Å². The molecule has 72 valence electrons. The highest BCUT2D eigenvalue weighted by molar-refractivity contribution is 8.12. The van der Waals surface area contributed by atoms with E-state index in [1.54, 1.807) is 12.5 Å². The summed E-state index contributed by atoms with van der Waals surface area (Å²) in [7, 11) is 2.72. The van der Waals surface area contributed by atoms with Gasteiger partial charge >= 0.3 is 10.6 Å². The van der Waals surface area contributed by atoms with Crippen LogP contribution in [0.2, 0.25) is 0 Å². The number of carbonyl (C=O) groups excluding carboxylic acids is 2. The lowest BCUT2D eigenvalue weighted by Gasteiger charge is -1.86. The maximum atomic E-state index is 9.92. The van der Waals surface area contributed by atoms with Crippen LogP contribution in [0.3, 0.4) is 0 Å². The van der Waals surface area contributed by atoms with E-state index in [0.29, 0.717) is 0 Å². The summed E-state index contributed by atoms with van der Waals surface area (Å²) in [5.74, 6) is 0. The molecule has 0 fully saturated rings. The minimum atomic E-state index is -0.241. The molecule has 0 atom stereocenters. The molecule has 0 aromatic heterocycles. The highest BCUT2D eigenvalue weighted by atomic mass is 32.2. The van der Waals surface area contributed by atoms with Gasteiger partial charge in [-0.3, -0.25) is 0 Å². The van der Waals surface area contributed by atoms with E-state index in [-0.39, 0.29) is 10.6 Å². The number of thioether (sulfide) groups is 2. The van der Waals surface area contributed by atoms with Crippen molar-refractivity contribution in [2.24, 2.45) is 0 Å². The molecule has 0 N–H and O–H groups in total. The standard InChI is InChI=1S/2C3H6O2S/c2*1-5-3(4)6-2/h2*1-2H3. The van der Waals surface area contributed by atoms with Gasteiger partial charge in [-0.2, -0.15) is 0 Å². The van der Waals surface area contributed by atoms with Crippen molar-refractivity contribution in [3.05, 3.63) is 0 Å². The van der Waals surface area contributed by atoms with Gasteiger partial charge in [0.25, 0.3) is 0 Å². The first-order valence-corrected chi connectivity index (χ1v) is 5.31. The number of methoxy groups -OCH3 is 2. The van der Waals surface area contributed by atoms with Gasteiger partial charge in [-0.25, -0.2) is 9.59 Å². The van der Waals surface area contributed by atoms with Crippen LogP contribution >= 0.6 is 23.5 Å². The molecule has 12 heavy (non-hydrogen) atoms. The second kappa shape index (κ2) is 10.6. The normalized spacial score (nSPS) is 7.67. The first kappa shape index (κ1) is 14.2. The summed E-state index contributed by atoms with van der Waals surface area (Å²) in [6, 6.07) is 0. The lowest BCUT2D eigenvalue weighted by molar-refractivity contribution is 0.199. The van der Waals surface area contributed by atoms with E-state index in [0.717, 1.165) is 23.5 Å². The van der Waals surface area contributed by atoms with Gasteiger partial charge in [-0.05, 0) is 36.0 Å². The third-order valence-electron chi connectivity index (χ3n) is 0.667. The zero-order valence-electron chi connectivity index (χ0n) is 7.45. The molecule has 0 aromatic carbocycles. The number of hydrogen-bond donors (Lipinski definition) is 0. The second-order valence-electron chi connectivity index (χ2n) is 1.32. The zero-order chi connectivity index (χ0) is 9.98. The van der Waals surface area contributed by atoms with E-state index in [9.17, 15) is 9.59 Å². The van der Waals surface area contributed by atoms with Crippen molar-refractivity contribution in [3.8, 4) is 0 Å². The van der Waals surface area contributed by atoms with Crippen LogP contribution in [-0.4, -0.2) is 37.3 Å². The molecular weight excluding hydrogens is 200 g/mol. The largest absolute Gasteiger partial charge is 0.461 e. The summed E-state index contributed by atoms with van der Waals surface area (Å²) < 4.78 is 8.45. The molecule has 6 heteroatoms. The Morgan fingerprint density at radius 3 is 1.17 bits per heavy atom. The number of rotatable bonds is 0. The minimum Gasteiger partial charge on any atom is -0.461 e. The van der Waals surface area contributed by atoms with Crippen LogP contribution in [0.15, 0.2) is 0 Å². The van der Waals surface area contributed by atoms with Gasteiger partial charge in [0.05, 0.1) is 14.2 Å². The van der Waals surface area contributed by atoms with E-state index in [2.05, 4.69) is 9.47 Å². The number of hydrogen-bond acceptors (Lipinski definition) is 6. The van der Waals surface area contributed by atoms with Gasteiger partial charge in [0.15, 0.2) is 0 Å². The molecule has 0 radical (unpaired) electrons. The van der Waals surface area contributed by atoms with Crippen LogP contribution < -0.4 is 0 Å². The van der Waals surface area contributed by atoms with Crippen molar-refractivity contribution in [2.45, 2.75) is 0 Å². The Bertz CT molecular complexity index is 110. The van der Waals surface area contributed by atoms with Crippen molar-refractivity contribution < 1.29 is 19.1 Å². The monoisotopic (exact) mass is 212 g/mol. The Morgan fingerprint density at radius 2 is 1.17 bits per heavy atom. The van der Waals surface area contributed by atoms with Crippen molar-refractivity contribution >= 4 is 34.1 Å². The highest BCUT2D eigenvalue weighted by Gasteiger charge is 1.89. The van der Waals surface area contributed by atoms with Gasteiger partial charge in [0, 0.05) is 0 Å². The zero-order valence-corrected chi connectivity index (χ0v) is 9.08. The van der Waals surface area contributed by atoms with E-state index >= 15 is 0 Å². The first-order valence-electron chi connectivity index (χ1n) is 2.86. The molecule has 0 bridgehead atoms. The SMILES string of the molecule is COC(=O)SC.COC(=O)SC. The Morgan fingerprint density at radius 1 is 0.917 bits per heavy atom. The molecule has 0 unspecified atom stereocenters. The molecule has 0 heterocycles. The van der Waals surface area contributed by atoms with E-state index in [4.69, 9.17) is 0 Å². The molecule has 0 aliphatic rings. The lowest BCUT2D eigenvalue weighted by atomic mass is 11.5. The first-order chi connectivity index (χ1) is 5.62. The molecule has 0 saturated carbocycles. The van der Waals surface area contributed by atoms with Crippen LogP contribution in [0.5, 0.6) is 0 Å². The Labute approximate surface area is 80.4 Å². The van der Waals surface area contributed by atoms with Gasteiger partial charge in [-0.15, -0.1) is 0 Å². The summed E-state index contributed by atoms with van der Waals surface area (Å²) in [5.41, 5.74) is 0. The Hall–Kier alpha value is -0.360. The molecule has 0 spiro atoms. The van der Waals surface area contributed by atoms with Crippen molar-refractivity contribution in [3.63, 3.8) is 0 Å². The maximum absolute atomic E-state index is 9.92. The number of ether oxygens (including phenoxy) is 2. The summed E-state index contributed by atoms with van der Waals surface area (Å²) in [6.07, 6.45) is 3.34. The maximum Gasteiger partial charge on any atom is 0.366 e. The van der Waals surface area contributed by atoms with Crippen LogP contribution in [0.4, 0.5) is 9.59 Å². The van der Waals surface area contributed by atoms with E-state index < -0.39 is 0 Å².